The Balaban J connectivity index is 1.38. The van der Waals surface area contributed by atoms with Gasteiger partial charge in [0.15, 0.2) is 0 Å². The monoisotopic (exact) mass is 282 g/mol. The van der Waals surface area contributed by atoms with Gasteiger partial charge >= 0.3 is 0 Å². The van der Waals surface area contributed by atoms with Crippen LogP contribution in [0.1, 0.15) is 23.7 Å². The number of amides is 1. The maximum absolute atomic E-state index is 12.6. The van der Waals surface area contributed by atoms with E-state index < -0.39 is 0 Å². The maximum atomic E-state index is 12.6. The third-order valence-corrected chi connectivity index (χ3v) is 4.60. The molecule has 0 aromatic carbocycles. The van der Waals surface area contributed by atoms with Crippen LogP contribution >= 0.6 is 0 Å². The van der Waals surface area contributed by atoms with Crippen LogP contribution in [-0.4, -0.2) is 38.7 Å². The number of hydrogen-bond acceptors (Lipinski definition) is 3. The lowest BCUT2D eigenvalue weighted by molar-refractivity contribution is -0.140. The summed E-state index contributed by atoms with van der Waals surface area (Å²) in [6.45, 7) is 2.48. The fourth-order valence-electron chi connectivity index (χ4n) is 3.30. The number of carbonyl (C=O) groups is 1. The normalized spacial score (nSPS) is 21.7. The second kappa shape index (κ2) is 4.98. The van der Waals surface area contributed by atoms with Gasteiger partial charge < -0.3 is 4.90 Å². The second-order valence-corrected chi connectivity index (χ2v) is 5.93. The zero-order valence-electron chi connectivity index (χ0n) is 11.9. The first kappa shape index (κ1) is 12.6. The first-order valence-electron chi connectivity index (χ1n) is 7.51. The van der Waals surface area contributed by atoms with Crippen LogP contribution in [0.4, 0.5) is 0 Å². The highest BCUT2D eigenvalue weighted by atomic mass is 16.2. The van der Waals surface area contributed by atoms with E-state index >= 15 is 0 Å². The molecule has 2 aromatic rings. The molecule has 108 valence electrons. The summed E-state index contributed by atoms with van der Waals surface area (Å²) in [5.41, 5.74) is 2.28. The Kier molecular flexibility index (Phi) is 2.98. The first-order chi connectivity index (χ1) is 10.3. The predicted molar refractivity (Wildman–Crippen MR) is 77.6 cm³/mol. The zero-order chi connectivity index (χ0) is 14.2. The Bertz CT molecular complexity index is 645. The van der Waals surface area contributed by atoms with Crippen LogP contribution in [0, 0.1) is 5.92 Å². The highest BCUT2D eigenvalue weighted by Gasteiger charge is 2.36. The molecule has 5 heteroatoms. The van der Waals surface area contributed by atoms with Crippen LogP contribution in [0.15, 0.2) is 36.7 Å². The average molecular weight is 282 g/mol. The van der Waals surface area contributed by atoms with Crippen molar-refractivity contribution in [1.29, 1.82) is 0 Å². The number of pyridine rings is 1. The molecule has 0 radical (unpaired) electrons. The third-order valence-electron chi connectivity index (χ3n) is 4.60. The summed E-state index contributed by atoms with van der Waals surface area (Å²) in [6.07, 6.45) is 5.37. The molecule has 0 spiro atoms. The van der Waals surface area contributed by atoms with Gasteiger partial charge in [-0.2, -0.15) is 5.10 Å². The Hall–Kier alpha value is -2.17. The van der Waals surface area contributed by atoms with Gasteiger partial charge in [-0.25, -0.2) is 0 Å². The SMILES string of the molecule is O=C(C1CCn2nccc2C1)N1CC(c2ccccn2)C1. The molecule has 1 atom stereocenters. The van der Waals surface area contributed by atoms with Crippen LogP contribution in [0.5, 0.6) is 0 Å². The molecule has 2 aliphatic rings. The number of aryl methyl sites for hydroxylation is 1. The Labute approximate surface area is 123 Å². The van der Waals surface area contributed by atoms with Crippen LogP contribution in [0.3, 0.4) is 0 Å². The van der Waals surface area contributed by atoms with Gasteiger partial charge in [0, 0.05) is 61.7 Å². The third kappa shape index (κ3) is 2.22. The molecule has 0 saturated carbocycles. The molecular formula is C16H18N4O. The van der Waals surface area contributed by atoms with Gasteiger partial charge in [-0.1, -0.05) is 6.07 Å². The highest BCUT2D eigenvalue weighted by molar-refractivity contribution is 5.80. The summed E-state index contributed by atoms with van der Waals surface area (Å²) >= 11 is 0. The number of rotatable bonds is 2. The van der Waals surface area contributed by atoms with Gasteiger partial charge in [0.25, 0.3) is 0 Å². The largest absolute Gasteiger partial charge is 0.341 e. The minimum absolute atomic E-state index is 0.124. The number of carbonyl (C=O) groups excluding carboxylic acids is 1. The molecule has 2 aromatic heterocycles. The molecular weight excluding hydrogens is 264 g/mol. The number of hydrogen-bond donors (Lipinski definition) is 0. The maximum Gasteiger partial charge on any atom is 0.226 e. The van der Waals surface area contributed by atoms with Crippen LogP contribution in [0.2, 0.25) is 0 Å². The number of likely N-dealkylation sites (tertiary alicyclic amines) is 1. The lowest BCUT2D eigenvalue weighted by Gasteiger charge is -2.41. The van der Waals surface area contributed by atoms with Gasteiger partial charge in [0.05, 0.1) is 0 Å². The van der Waals surface area contributed by atoms with Crippen molar-refractivity contribution in [1.82, 2.24) is 19.7 Å². The van der Waals surface area contributed by atoms with Crippen LogP contribution < -0.4 is 0 Å². The fourth-order valence-corrected chi connectivity index (χ4v) is 3.30. The van der Waals surface area contributed by atoms with Gasteiger partial charge in [0.1, 0.15) is 0 Å². The summed E-state index contributed by atoms with van der Waals surface area (Å²) in [6, 6.07) is 8.00. The summed E-state index contributed by atoms with van der Waals surface area (Å²) < 4.78 is 2.01. The van der Waals surface area contributed by atoms with Crippen LogP contribution in [-0.2, 0) is 17.8 Å². The quantitative estimate of drug-likeness (QED) is 0.838. The van der Waals surface area contributed by atoms with E-state index in [1.807, 2.05) is 46.2 Å². The minimum Gasteiger partial charge on any atom is -0.341 e. The molecule has 4 heterocycles. The van der Waals surface area contributed by atoms with E-state index in [0.717, 1.165) is 38.2 Å². The first-order valence-corrected chi connectivity index (χ1v) is 7.51. The molecule has 1 unspecified atom stereocenters. The fraction of sp³-hybridized carbons (Fsp3) is 0.438. The van der Waals surface area contributed by atoms with Gasteiger partial charge in [-0.05, 0) is 24.6 Å². The van der Waals surface area contributed by atoms with Crippen molar-refractivity contribution in [2.75, 3.05) is 13.1 Å². The standard InChI is InChI=1S/C16H18N4O/c21-16(12-5-8-20-14(9-12)4-7-18-20)19-10-13(11-19)15-3-1-2-6-17-15/h1-4,6-7,12-13H,5,8-11H2. The topological polar surface area (TPSA) is 51.0 Å². The van der Waals surface area contributed by atoms with Crippen molar-refractivity contribution in [3.63, 3.8) is 0 Å². The highest BCUT2D eigenvalue weighted by Crippen LogP contribution is 2.29. The van der Waals surface area contributed by atoms with Gasteiger partial charge in [-0.3, -0.25) is 14.5 Å². The molecule has 1 saturated heterocycles. The van der Waals surface area contributed by atoms with E-state index in [1.165, 1.54) is 5.69 Å². The molecule has 0 bridgehead atoms. The lowest BCUT2D eigenvalue weighted by Crippen LogP contribution is -2.51. The molecule has 4 rings (SSSR count). The van der Waals surface area contributed by atoms with E-state index in [0.29, 0.717) is 11.8 Å². The summed E-state index contributed by atoms with van der Waals surface area (Å²) in [5, 5.41) is 4.26. The van der Waals surface area contributed by atoms with E-state index in [1.54, 1.807) is 0 Å². The molecule has 5 nitrogen and oxygen atoms in total. The second-order valence-electron chi connectivity index (χ2n) is 5.93. The smallest absolute Gasteiger partial charge is 0.226 e. The van der Waals surface area contributed by atoms with E-state index in [9.17, 15) is 4.79 Å². The van der Waals surface area contributed by atoms with Crippen molar-refractivity contribution >= 4 is 5.91 Å². The average Bonchev–Trinajstić information content (AvgIpc) is 2.94. The summed E-state index contributed by atoms with van der Waals surface area (Å²) in [5.74, 6) is 0.831. The summed E-state index contributed by atoms with van der Waals surface area (Å²) in [4.78, 5) is 18.9. The minimum atomic E-state index is 0.124. The molecule has 0 aliphatic carbocycles. The molecule has 21 heavy (non-hydrogen) atoms. The molecule has 1 fully saturated rings. The summed E-state index contributed by atoms with van der Waals surface area (Å²) in [7, 11) is 0. The lowest BCUT2D eigenvalue weighted by atomic mass is 9.90. The molecule has 2 aliphatic heterocycles. The van der Waals surface area contributed by atoms with Crippen molar-refractivity contribution < 1.29 is 4.79 Å². The Morgan fingerprint density at radius 1 is 1.19 bits per heavy atom. The zero-order valence-corrected chi connectivity index (χ0v) is 11.9. The molecule has 1 amide bonds. The Morgan fingerprint density at radius 2 is 2.10 bits per heavy atom. The van der Waals surface area contributed by atoms with Crippen molar-refractivity contribution in [3.8, 4) is 0 Å². The van der Waals surface area contributed by atoms with E-state index in [4.69, 9.17) is 0 Å². The van der Waals surface area contributed by atoms with Crippen molar-refractivity contribution in [2.45, 2.75) is 25.3 Å². The van der Waals surface area contributed by atoms with E-state index in [-0.39, 0.29) is 5.92 Å². The molecule has 0 N–H and O–H groups in total. The predicted octanol–water partition coefficient (Wildman–Crippen LogP) is 1.47. The van der Waals surface area contributed by atoms with Crippen molar-refractivity contribution in [2.24, 2.45) is 5.92 Å². The number of nitrogens with zero attached hydrogens (tertiary/aromatic N) is 4. The number of aromatic nitrogens is 3. The van der Waals surface area contributed by atoms with Crippen LogP contribution in [0.25, 0.3) is 0 Å². The van der Waals surface area contributed by atoms with Crippen molar-refractivity contribution in [3.05, 3.63) is 48.0 Å². The van der Waals surface area contributed by atoms with E-state index in [2.05, 4.69) is 10.1 Å². The number of fused-ring (bicyclic) bond motifs is 1. The Morgan fingerprint density at radius 3 is 2.90 bits per heavy atom. The van der Waals surface area contributed by atoms with Gasteiger partial charge in [-0.15, -0.1) is 0 Å². The van der Waals surface area contributed by atoms with Gasteiger partial charge in [0.2, 0.25) is 5.91 Å².